The molecule has 0 saturated carbocycles. The molecule has 9 atom stereocenters. The first kappa shape index (κ1) is 28.1. The predicted molar refractivity (Wildman–Crippen MR) is 119 cm³/mol. The SMILES string of the molecule is C=C1C[C@](OC)([C@H](O)C(=O)N[C@@H](O)C2C[C@@H](O)C(C)(C)[C@@H](C[C@H](O)COC)O2)O[C@H](C)[C@@H]1C. The van der Waals surface area contributed by atoms with E-state index in [2.05, 4.69) is 11.9 Å². The Kier molecular flexibility index (Phi) is 9.45. The Labute approximate surface area is 195 Å². The van der Waals surface area contributed by atoms with E-state index in [0.29, 0.717) is 0 Å². The number of nitrogens with one attached hydrogen (secondary N) is 1. The first-order valence-corrected chi connectivity index (χ1v) is 11.4. The lowest BCUT2D eigenvalue weighted by Crippen LogP contribution is -2.62. The Hall–Kier alpha value is -1.11. The van der Waals surface area contributed by atoms with Crippen LogP contribution in [0.4, 0.5) is 0 Å². The van der Waals surface area contributed by atoms with Crippen LogP contribution in [0.15, 0.2) is 12.2 Å². The van der Waals surface area contributed by atoms with Crippen molar-refractivity contribution in [3.8, 4) is 0 Å². The lowest BCUT2D eigenvalue weighted by Gasteiger charge is -2.47. The van der Waals surface area contributed by atoms with E-state index >= 15 is 0 Å². The molecule has 2 heterocycles. The second kappa shape index (κ2) is 11.1. The van der Waals surface area contributed by atoms with Gasteiger partial charge >= 0.3 is 0 Å². The number of amides is 1. The third kappa shape index (κ3) is 6.12. The van der Waals surface area contributed by atoms with E-state index in [1.54, 1.807) is 6.92 Å². The van der Waals surface area contributed by atoms with Crippen molar-refractivity contribution in [3.05, 3.63) is 12.2 Å². The van der Waals surface area contributed by atoms with E-state index in [0.717, 1.165) is 5.57 Å². The lowest BCUT2D eigenvalue weighted by molar-refractivity contribution is -0.298. The Balaban J connectivity index is 2.09. The Morgan fingerprint density at radius 1 is 1.27 bits per heavy atom. The summed E-state index contributed by atoms with van der Waals surface area (Å²) in [5.41, 5.74) is 0.0824. The van der Waals surface area contributed by atoms with E-state index < -0.39 is 53.9 Å². The summed E-state index contributed by atoms with van der Waals surface area (Å²) >= 11 is 0. The van der Waals surface area contributed by atoms with Crippen LogP contribution in [0.5, 0.6) is 0 Å². The molecule has 0 aromatic rings. The van der Waals surface area contributed by atoms with Gasteiger partial charge in [0.15, 0.2) is 12.3 Å². The standard InChI is InChI=1S/C23H41NO9/c1-12-10-23(31-7,33-14(3)13(12)2)19(27)21(29)24-20(28)16-9-17(26)22(4,5)18(32-16)8-15(25)11-30-6/h13-20,25-28H,1,8-11H2,2-7H3,(H,24,29)/t13-,14-,15+,16?,17-,18-,19-,20+,23-/m1/s1. The summed E-state index contributed by atoms with van der Waals surface area (Å²) in [4.78, 5) is 12.8. The van der Waals surface area contributed by atoms with Gasteiger partial charge in [-0.25, -0.2) is 0 Å². The number of ether oxygens (including phenoxy) is 4. The molecular formula is C23H41NO9. The number of carbonyl (C=O) groups is 1. The minimum absolute atomic E-state index is 0.0278. The second-order valence-corrected chi connectivity index (χ2v) is 9.90. The molecule has 10 heteroatoms. The maximum atomic E-state index is 12.8. The third-order valence-electron chi connectivity index (χ3n) is 7.19. The van der Waals surface area contributed by atoms with Crippen molar-refractivity contribution in [2.24, 2.45) is 11.3 Å². The predicted octanol–water partition coefficient (Wildman–Crippen LogP) is 0.0677. The van der Waals surface area contributed by atoms with Gasteiger partial charge in [-0.15, -0.1) is 0 Å². The summed E-state index contributed by atoms with van der Waals surface area (Å²) in [6.07, 6.45) is -6.48. The van der Waals surface area contributed by atoms with Gasteiger partial charge in [0.1, 0.15) is 6.10 Å². The summed E-state index contributed by atoms with van der Waals surface area (Å²) in [7, 11) is 2.80. The quantitative estimate of drug-likeness (QED) is 0.231. The van der Waals surface area contributed by atoms with Gasteiger partial charge in [-0.2, -0.15) is 0 Å². The molecule has 2 aliphatic heterocycles. The maximum absolute atomic E-state index is 12.8. The highest BCUT2D eigenvalue weighted by Gasteiger charge is 2.51. The fraction of sp³-hybridized carbons (Fsp3) is 0.870. The van der Waals surface area contributed by atoms with Crippen LogP contribution >= 0.6 is 0 Å². The molecule has 0 aromatic carbocycles. The molecule has 192 valence electrons. The highest BCUT2D eigenvalue weighted by atomic mass is 16.7. The van der Waals surface area contributed by atoms with E-state index in [4.69, 9.17) is 18.9 Å². The third-order valence-corrected chi connectivity index (χ3v) is 7.19. The number of carbonyl (C=O) groups excluding carboxylic acids is 1. The van der Waals surface area contributed by atoms with Gasteiger partial charge < -0.3 is 44.7 Å². The van der Waals surface area contributed by atoms with Crippen LogP contribution < -0.4 is 5.32 Å². The van der Waals surface area contributed by atoms with Gasteiger partial charge in [-0.1, -0.05) is 32.9 Å². The summed E-state index contributed by atoms with van der Waals surface area (Å²) in [5, 5.41) is 44.6. The normalized spacial score (nSPS) is 37.3. The molecule has 1 unspecified atom stereocenters. The van der Waals surface area contributed by atoms with E-state index in [9.17, 15) is 25.2 Å². The fourth-order valence-corrected chi connectivity index (χ4v) is 4.43. The lowest BCUT2D eigenvalue weighted by atomic mass is 9.74. The van der Waals surface area contributed by atoms with Gasteiger partial charge in [0.05, 0.1) is 31.0 Å². The van der Waals surface area contributed by atoms with Gasteiger partial charge in [-0.05, 0) is 6.92 Å². The molecule has 33 heavy (non-hydrogen) atoms. The van der Waals surface area contributed by atoms with Crippen LogP contribution in [0.3, 0.4) is 0 Å². The summed E-state index contributed by atoms with van der Waals surface area (Å²) in [6, 6.07) is 0. The zero-order valence-electron chi connectivity index (χ0n) is 20.5. The number of rotatable bonds is 9. The molecule has 5 N–H and O–H groups in total. The minimum Gasteiger partial charge on any atom is -0.392 e. The Bertz CT molecular complexity index is 687. The topological polar surface area (TPSA) is 147 Å². The first-order valence-electron chi connectivity index (χ1n) is 11.4. The molecular weight excluding hydrogens is 434 g/mol. The van der Waals surface area contributed by atoms with Gasteiger partial charge in [0.25, 0.3) is 5.91 Å². The molecule has 1 amide bonds. The van der Waals surface area contributed by atoms with Gasteiger partial charge in [0, 0.05) is 44.8 Å². The highest BCUT2D eigenvalue weighted by Crippen LogP contribution is 2.40. The second-order valence-electron chi connectivity index (χ2n) is 9.90. The summed E-state index contributed by atoms with van der Waals surface area (Å²) < 4.78 is 22.2. The molecule has 10 nitrogen and oxygen atoms in total. The van der Waals surface area contributed by atoms with Crippen LogP contribution in [-0.4, -0.2) is 95.8 Å². The number of aliphatic hydroxyl groups excluding tert-OH is 4. The zero-order chi connectivity index (χ0) is 25.1. The first-order chi connectivity index (χ1) is 15.3. The maximum Gasteiger partial charge on any atom is 0.256 e. The number of hydrogen-bond donors (Lipinski definition) is 5. The number of methoxy groups -OCH3 is 2. The van der Waals surface area contributed by atoms with Crippen molar-refractivity contribution in [1.29, 1.82) is 0 Å². The zero-order valence-corrected chi connectivity index (χ0v) is 20.5. The van der Waals surface area contributed by atoms with Crippen molar-refractivity contribution >= 4 is 5.91 Å². The highest BCUT2D eigenvalue weighted by molar-refractivity contribution is 5.82. The van der Waals surface area contributed by atoms with Crippen molar-refractivity contribution in [2.75, 3.05) is 20.8 Å². The monoisotopic (exact) mass is 475 g/mol. The Morgan fingerprint density at radius 2 is 1.91 bits per heavy atom. The van der Waals surface area contributed by atoms with Crippen LogP contribution in [0, 0.1) is 11.3 Å². The fourth-order valence-electron chi connectivity index (χ4n) is 4.43. The van der Waals surface area contributed by atoms with Crippen molar-refractivity contribution in [2.45, 2.75) is 95.6 Å². The van der Waals surface area contributed by atoms with Gasteiger partial charge in [0.2, 0.25) is 5.79 Å². The Morgan fingerprint density at radius 3 is 2.45 bits per heavy atom. The number of hydrogen-bond acceptors (Lipinski definition) is 9. The molecule has 2 aliphatic rings. The summed E-state index contributed by atoms with van der Waals surface area (Å²) in [6.45, 7) is 11.5. The molecule has 2 rings (SSSR count). The average molecular weight is 476 g/mol. The minimum atomic E-state index is -1.74. The van der Waals surface area contributed by atoms with E-state index in [1.165, 1.54) is 14.2 Å². The van der Waals surface area contributed by atoms with E-state index in [1.807, 2.05) is 20.8 Å². The molecule has 0 bridgehead atoms. The van der Waals surface area contributed by atoms with Crippen molar-refractivity contribution in [1.82, 2.24) is 5.32 Å². The van der Waals surface area contributed by atoms with Crippen LogP contribution in [0.2, 0.25) is 0 Å². The van der Waals surface area contributed by atoms with Crippen LogP contribution in [0.25, 0.3) is 0 Å². The van der Waals surface area contributed by atoms with E-state index in [-0.39, 0.29) is 37.9 Å². The van der Waals surface area contributed by atoms with Crippen molar-refractivity contribution in [3.63, 3.8) is 0 Å². The average Bonchev–Trinajstić information content (AvgIpc) is 2.74. The van der Waals surface area contributed by atoms with Crippen LogP contribution in [0.1, 0.15) is 47.0 Å². The molecule has 0 aromatic heterocycles. The van der Waals surface area contributed by atoms with Crippen molar-refractivity contribution < 1.29 is 44.2 Å². The molecule has 0 radical (unpaired) electrons. The molecule has 2 fully saturated rings. The van der Waals surface area contributed by atoms with Gasteiger partial charge in [-0.3, -0.25) is 4.79 Å². The molecule has 0 spiro atoms. The molecule has 0 aliphatic carbocycles. The number of aliphatic hydroxyl groups is 4. The largest absolute Gasteiger partial charge is 0.392 e. The van der Waals surface area contributed by atoms with Crippen LogP contribution in [-0.2, 0) is 23.7 Å². The summed E-state index contributed by atoms with van der Waals surface area (Å²) in [5.74, 6) is -2.51. The molecule has 2 saturated heterocycles. The smallest absolute Gasteiger partial charge is 0.256 e.